The topological polar surface area (TPSA) is 0 Å². The van der Waals surface area contributed by atoms with Crippen LogP contribution in [-0.4, -0.2) is 11.8 Å². The highest BCUT2D eigenvalue weighted by Crippen LogP contribution is 2.08. The smallest absolute Gasteiger partial charge is 0.0245 e. The maximum atomic E-state index is 5.57. The van der Waals surface area contributed by atoms with Crippen molar-refractivity contribution in [3.8, 4) is 24.2 Å². The number of benzene rings is 2. The van der Waals surface area contributed by atoms with E-state index in [0.29, 0.717) is 0 Å². The monoisotopic (exact) mass is 508 g/mol. The van der Waals surface area contributed by atoms with Crippen molar-refractivity contribution < 1.29 is 0 Å². The third-order valence-electron chi connectivity index (χ3n) is 3.69. The predicted octanol–water partition coefficient (Wildman–Crippen LogP) is 9.18. The number of alkyl halides is 2. The van der Waals surface area contributed by atoms with Crippen LogP contribution in [0.2, 0.25) is 0 Å². The van der Waals surface area contributed by atoms with E-state index in [0.717, 1.165) is 60.3 Å². The van der Waals surface area contributed by atoms with Crippen molar-refractivity contribution >= 4 is 39.1 Å². The van der Waals surface area contributed by atoms with Crippen LogP contribution in [0.5, 0.6) is 0 Å². The second-order valence-electron chi connectivity index (χ2n) is 6.46. The molecular weight excluding hydrogens is 475 g/mol. The van der Waals surface area contributed by atoms with Gasteiger partial charge in [0.05, 0.1) is 0 Å². The summed E-state index contributed by atoms with van der Waals surface area (Å²) in [5.41, 5.74) is 3.67. The van der Waals surface area contributed by atoms with Gasteiger partial charge in [-0.1, -0.05) is 70.6 Å². The Balaban J connectivity index is 0. The molecule has 0 aromatic heterocycles. The molecule has 0 spiro atoms. The van der Waals surface area contributed by atoms with E-state index >= 15 is 0 Å². The summed E-state index contributed by atoms with van der Waals surface area (Å²) < 4.78 is 1.14. The van der Waals surface area contributed by atoms with Crippen LogP contribution >= 0.6 is 39.1 Å². The highest BCUT2D eigenvalue weighted by Gasteiger charge is 1.86. The molecule has 3 heteroatoms. The van der Waals surface area contributed by atoms with Gasteiger partial charge in [0.25, 0.3) is 0 Å². The number of hydrogen-bond acceptors (Lipinski definition) is 0. The normalized spacial score (nSPS) is 8.67. The molecule has 0 bridgehead atoms. The Morgan fingerprint density at radius 3 is 1.67 bits per heavy atom. The number of unbranched alkanes of at least 4 members (excludes halogenated alkanes) is 4. The zero-order valence-electron chi connectivity index (χ0n) is 17.5. The Morgan fingerprint density at radius 1 is 0.767 bits per heavy atom. The second-order valence-corrected chi connectivity index (χ2v) is 8.13. The predicted molar refractivity (Wildman–Crippen MR) is 142 cm³/mol. The minimum absolute atomic E-state index is 0. The summed E-state index contributed by atoms with van der Waals surface area (Å²) in [4.78, 5) is 0. The molecule has 0 saturated heterocycles. The molecule has 164 valence electrons. The Hall–Kier alpha value is -1.38. The summed E-state index contributed by atoms with van der Waals surface area (Å²) in [6.45, 7) is 4.16. The molecular formula is C27H35BrCl2. The Morgan fingerprint density at radius 2 is 1.23 bits per heavy atom. The summed E-state index contributed by atoms with van der Waals surface area (Å²) in [5, 5.41) is 0. The van der Waals surface area contributed by atoms with Crippen molar-refractivity contribution in [3.05, 3.63) is 69.7 Å². The lowest BCUT2D eigenvalue weighted by atomic mass is 10.1. The third-order valence-corrected chi connectivity index (χ3v) is 4.75. The molecule has 2 aromatic carbocycles. The minimum Gasteiger partial charge on any atom is -0.127 e. The first-order valence-electron chi connectivity index (χ1n) is 9.86. The molecule has 0 unspecified atom stereocenters. The van der Waals surface area contributed by atoms with Crippen molar-refractivity contribution in [2.45, 2.75) is 59.8 Å². The highest BCUT2D eigenvalue weighted by molar-refractivity contribution is 9.10. The van der Waals surface area contributed by atoms with Crippen molar-refractivity contribution in [1.29, 1.82) is 0 Å². The zero-order valence-corrected chi connectivity index (χ0v) is 20.6. The van der Waals surface area contributed by atoms with Gasteiger partial charge in [-0.05, 0) is 63.8 Å². The van der Waals surface area contributed by atoms with Gasteiger partial charge in [-0.3, -0.25) is 0 Å². The maximum absolute atomic E-state index is 5.57. The van der Waals surface area contributed by atoms with Crippen LogP contribution in [0.15, 0.2) is 53.0 Å². The quantitative estimate of drug-likeness (QED) is 0.207. The Bertz CT molecular complexity index is 711. The zero-order chi connectivity index (χ0) is 21.7. The number of rotatable bonds is 6. The van der Waals surface area contributed by atoms with Crippen LogP contribution in [0.1, 0.15) is 62.6 Å². The molecule has 0 aliphatic rings. The molecule has 0 saturated carbocycles. The van der Waals surface area contributed by atoms with E-state index in [-0.39, 0.29) is 7.43 Å². The highest BCUT2D eigenvalue weighted by atomic mass is 79.9. The third kappa shape index (κ3) is 19.9. The van der Waals surface area contributed by atoms with Gasteiger partial charge in [0.2, 0.25) is 0 Å². The van der Waals surface area contributed by atoms with Gasteiger partial charge in [-0.25, -0.2) is 0 Å². The Kier molecular flexibility index (Phi) is 22.9. The van der Waals surface area contributed by atoms with Gasteiger partial charge in [-0.15, -0.1) is 35.5 Å². The molecule has 0 fully saturated rings. The molecule has 0 radical (unpaired) electrons. The number of terminal acetylenes is 1. The lowest BCUT2D eigenvalue weighted by molar-refractivity contribution is 0.833. The summed E-state index contributed by atoms with van der Waals surface area (Å²) in [5.74, 6) is 10.3. The average molecular weight is 510 g/mol. The van der Waals surface area contributed by atoms with Crippen molar-refractivity contribution in [2.75, 3.05) is 11.8 Å². The number of hydrogen-bond donors (Lipinski definition) is 0. The van der Waals surface area contributed by atoms with E-state index < -0.39 is 0 Å². The van der Waals surface area contributed by atoms with E-state index in [4.69, 9.17) is 29.6 Å². The van der Waals surface area contributed by atoms with E-state index in [2.05, 4.69) is 83.9 Å². The van der Waals surface area contributed by atoms with Crippen molar-refractivity contribution in [1.82, 2.24) is 0 Å². The lowest BCUT2D eigenvalue weighted by Gasteiger charge is -1.91. The average Bonchev–Trinajstić information content (AvgIpc) is 2.73. The number of aryl methyl sites for hydroxylation is 2. The lowest BCUT2D eigenvalue weighted by Crippen LogP contribution is -1.77. The Labute approximate surface area is 203 Å². The fraction of sp³-hybridized carbons (Fsp3) is 0.407. The van der Waals surface area contributed by atoms with Crippen LogP contribution in [-0.2, 0) is 0 Å². The molecule has 0 amide bonds. The fourth-order valence-electron chi connectivity index (χ4n) is 1.96. The molecule has 0 N–H and O–H groups in total. The van der Waals surface area contributed by atoms with Gasteiger partial charge < -0.3 is 0 Å². The van der Waals surface area contributed by atoms with Crippen LogP contribution in [0.3, 0.4) is 0 Å². The first-order valence-corrected chi connectivity index (χ1v) is 11.7. The molecule has 30 heavy (non-hydrogen) atoms. The molecule has 2 rings (SSSR count). The van der Waals surface area contributed by atoms with Crippen LogP contribution in [0.25, 0.3) is 0 Å². The van der Waals surface area contributed by atoms with E-state index in [9.17, 15) is 0 Å². The fourth-order valence-corrected chi connectivity index (χ4v) is 2.61. The van der Waals surface area contributed by atoms with Gasteiger partial charge >= 0.3 is 0 Å². The van der Waals surface area contributed by atoms with Crippen LogP contribution < -0.4 is 0 Å². The van der Waals surface area contributed by atoms with Crippen LogP contribution in [0, 0.1) is 38.0 Å². The first-order chi connectivity index (χ1) is 14.0. The molecule has 0 heterocycles. The van der Waals surface area contributed by atoms with Crippen LogP contribution in [0.4, 0.5) is 0 Å². The van der Waals surface area contributed by atoms with Gasteiger partial charge in [0.15, 0.2) is 0 Å². The maximum Gasteiger partial charge on any atom is 0.0245 e. The number of halogens is 3. The minimum atomic E-state index is 0. The van der Waals surface area contributed by atoms with Crippen molar-refractivity contribution in [2.24, 2.45) is 0 Å². The SMILES string of the molecule is C.C#CCCCCCl.Cc1ccc(Br)cc1.Cc1ccc(C#CCCCCCl)cc1. The summed E-state index contributed by atoms with van der Waals surface area (Å²) >= 11 is 14.3. The summed E-state index contributed by atoms with van der Waals surface area (Å²) in [6, 6.07) is 16.5. The van der Waals surface area contributed by atoms with E-state index in [1.165, 1.54) is 11.1 Å². The van der Waals surface area contributed by atoms with Gasteiger partial charge in [0, 0.05) is 34.6 Å². The van der Waals surface area contributed by atoms with Gasteiger partial charge in [0.1, 0.15) is 0 Å². The second kappa shape index (κ2) is 22.3. The van der Waals surface area contributed by atoms with E-state index in [1.54, 1.807) is 0 Å². The molecule has 0 atom stereocenters. The molecule has 0 aliphatic heterocycles. The molecule has 2 aromatic rings. The molecule has 0 nitrogen and oxygen atoms in total. The first kappa shape index (κ1) is 30.8. The standard InChI is InChI=1S/C13H15Cl.C7H7Br.C6H9Cl.CH4/c1-12-7-9-13(10-8-12)6-4-2-3-5-11-14;1-6-2-4-7(8)5-3-6;1-2-3-4-5-6-7;/h7-10H,2-3,5,11H2,1H3;2-5H,1H3;1H,3-6H2;1H4. The van der Waals surface area contributed by atoms with E-state index in [1.807, 2.05) is 12.1 Å². The largest absolute Gasteiger partial charge is 0.127 e. The van der Waals surface area contributed by atoms with Gasteiger partial charge in [-0.2, -0.15) is 0 Å². The molecule has 0 aliphatic carbocycles. The summed E-state index contributed by atoms with van der Waals surface area (Å²) in [6.07, 6.45) is 11.1. The summed E-state index contributed by atoms with van der Waals surface area (Å²) in [7, 11) is 0. The van der Waals surface area contributed by atoms with Crippen molar-refractivity contribution in [3.63, 3.8) is 0 Å².